The molecule has 36 heavy (non-hydrogen) atoms. The molecule has 2 heterocycles. The van der Waals surface area contributed by atoms with Gasteiger partial charge in [0.2, 0.25) is 5.95 Å². The molecule has 0 spiro atoms. The minimum atomic E-state index is -0.0278. The van der Waals surface area contributed by atoms with Gasteiger partial charge in [-0.2, -0.15) is 5.10 Å². The predicted octanol–water partition coefficient (Wildman–Crippen LogP) is 7.42. The van der Waals surface area contributed by atoms with Crippen LogP contribution < -0.4 is 9.75 Å². The molecule has 1 aromatic heterocycles. The molecule has 0 amide bonds. The fraction of sp³-hybridized carbons (Fsp3) is 0.100. The summed E-state index contributed by atoms with van der Waals surface area (Å²) in [7, 11) is 1.68. The van der Waals surface area contributed by atoms with Gasteiger partial charge in [0.15, 0.2) is 0 Å². The van der Waals surface area contributed by atoms with Gasteiger partial charge in [0, 0.05) is 21.8 Å². The number of hydrogen-bond donors (Lipinski definition) is 0. The van der Waals surface area contributed by atoms with Crippen molar-refractivity contribution in [2.75, 3.05) is 12.1 Å². The molecule has 0 saturated carbocycles. The summed E-state index contributed by atoms with van der Waals surface area (Å²) in [6.45, 7) is 0. The van der Waals surface area contributed by atoms with Crippen molar-refractivity contribution in [3.8, 4) is 17.0 Å². The van der Waals surface area contributed by atoms with E-state index in [2.05, 4.69) is 70.5 Å². The lowest BCUT2D eigenvalue weighted by Gasteiger charge is -2.23. The predicted molar refractivity (Wildman–Crippen MR) is 148 cm³/mol. The fourth-order valence-corrected chi connectivity index (χ4v) is 4.84. The van der Waals surface area contributed by atoms with Crippen LogP contribution in [0.1, 0.15) is 23.6 Å². The first-order valence-corrected chi connectivity index (χ1v) is 12.6. The van der Waals surface area contributed by atoms with Crippen molar-refractivity contribution in [2.45, 2.75) is 12.5 Å². The summed E-state index contributed by atoms with van der Waals surface area (Å²) < 4.78 is 6.39. The quantitative estimate of drug-likeness (QED) is 0.235. The first-order chi connectivity index (χ1) is 17.7. The molecule has 6 heteroatoms. The zero-order chi connectivity index (χ0) is 24.5. The highest BCUT2D eigenvalue weighted by molar-refractivity contribution is 9.10. The maximum Gasteiger partial charge on any atom is 0.247 e. The van der Waals surface area contributed by atoms with Crippen LogP contribution in [0.25, 0.3) is 22.2 Å². The molecule has 0 N–H and O–H groups in total. The second kappa shape index (κ2) is 9.55. The van der Waals surface area contributed by atoms with E-state index in [-0.39, 0.29) is 6.04 Å². The topological polar surface area (TPSA) is 50.6 Å². The number of methoxy groups -OCH3 is 1. The van der Waals surface area contributed by atoms with Crippen LogP contribution in [0.15, 0.2) is 113 Å². The molecule has 5 aromatic rings. The van der Waals surface area contributed by atoms with Gasteiger partial charge in [0.1, 0.15) is 5.75 Å². The highest BCUT2D eigenvalue weighted by atomic mass is 79.9. The minimum absolute atomic E-state index is 0.0278. The van der Waals surface area contributed by atoms with Crippen LogP contribution in [0.3, 0.4) is 0 Å². The van der Waals surface area contributed by atoms with Crippen molar-refractivity contribution < 1.29 is 4.74 Å². The van der Waals surface area contributed by atoms with E-state index < -0.39 is 0 Å². The lowest BCUT2D eigenvalue weighted by molar-refractivity contribution is 0.415. The molecule has 0 aliphatic carbocycles. The van der Waals surface area contributed by atoms with E-state index in [0.29, 0.717) is 5.95 Å². The highest BCUT2D eigenvalue weighted by Crippen LogP contribution is 2.38. The van der Waals surface area contributed by atoms with E-state index in [1.165, 1.54) is 0 Å². The van der Waals surface area contributed by atoms with Gasteiger partial charge in [-0.15, -0.1) is 0 Å². The number of halogens is 1. The number of anilines is 1. The molecule has 0 bridgehead atoms. The van der Waals surface area contributed by atoms with Gasteiger partial charge in [-0.05, 0) is 53.6 Å². The van der Waals surface area contributed by atoms with E-state index in [9.17, 15) is 0 Å². The van der Waals surface area contributed by atoms with Crippen molar-refractivity contribution in [1.82, 2.24) is 9.97 Å². The molecule has 0 radical (unpaired) electrons. The number of hydrogen-bond acceptors (Lipinski definition) is 5. The van der Waals surface area contributed by atoms with E-state index in [0.717, 1.165) is 55.6 Å². The Hall–Kier alpha value is -4.03. The standard InChI is InChI=1S/C30H23BrN4O/c1-36-24-17-13-20(14-18-24)27-19-28(21-11-15-23(31)16-12-21)35(34-27)30-32-26-10-6-5-9-25(26)29(33-30)22-7-3-2-4-8-22/h2-18,28H,19H2,1H3/t28-/m0/s1. The summed E-state index contributed by atoms with van der Waals surface area (Å²) >= 11 is 3.56. The molecule has 5 nitrogen and oxygen atoms in total. The van der Waals surface area contributed by atoms with Gasteiger partial charge in [0.25, 0.3) is 0 Å². The van der Waals surface area contributed by atoms with Crippen LogP contribution in [-0.2, 0) is 0 Å². The number of ether oxygens (including phenoxy) is 1. The second-order valence-electron chi connectivity index (χ2n) is 8.65. The number of para-hydroxylation sites is 1. The lowest BCUT2D eigenvalue weighted by Crippen LogP contribution is -2.21. The highest BCUT2D eigenvalue weighted by Gasteiger charge is 2.32. The Morgan fingerprint density at radius 3 is 2.25 bits per heavy atom. The largest absolute Gasteiger partial charge is 0.497 e. The van der Waals surface area contributed by atoms with Gasteiger partial charge in [-0.3, -0.25) is 0 Å². The Labute approximate surface area is 218 Å². The third-order valence-electron chi connectivity index (χ3n) is 6.43. The Morgan fingerprint density at radius 1 is 0.778 bits per heavy atom. The number of fused-ring (bicyclic) bond motifs is 1. The first kappa shape index (κ1) is 22.4. The van der Waals surface area contributed by atoms with Crippen molar-refractivity contribution in [1.29, 1.82) is 0 Å². The van der Waals surface area contributed by atoms with Crippen LogP contribution in [0.5, 0.6) is 5.75 Å². The van der Waals surface area contributed by atoms with Crippen LogP contribution in [-0.4, -0.2) is 22.8 Å². The molecule has 0 unspecified atom stereocenters. The van der Waals surface area contributed by atoms with Gasteiger partial charge in [-0.1, -0.05) is 76.6 Å². The molecule has 0 fully saturated rings. The third-order valence-corrected chi connectivity index (χ3v) is 6.96. The van der Waals surface area contributed by atoms with Crippen molar-refractivity contribution in [2.24, 2.45) is 5.10 Å². The van der Waals surface area contributed by atoms with E-state index in [4.69, 9.17) is 19.8 Å². The smallest absolute Gasteiger partial charge is 0.247 e. The molecule has 0 saturated heterocycles. The molecular formula is C30H23BrN4O. The molecular weight excluding hydrogens is 512 g/mol. The Kier molecular flexibility index (Phi) is 5.95. The van der Waals surface area contributed by atoms with Gasteiger partial charge >= 0.3 is 0 Å². The number of aromatic nitrogens is 2. The lowest BCUT2D eigenvalue weighted by atomic mass is 9.98. The minimum Gasteiger partial charge on any atom is -0.497 e. The van der Waals surface area contributed by atoms with Crippen LogP contribution in [0.2, 0.25) is 0 Å². The van der Waals surface area contributed by atoms with Crippen LogP contribution >= 0.6 is 15.9 Å². The van der Waals surface area contributed by atoms with Gasteiger partial charge < -0.3 is 4.74 Å². The first-order valence-electron chi connectivity index (χ1n) is 11.8. The van der Waals surface area contributed by atoms with Crippen LogP contribution in [0, 0.1) is 0 Å². The fourth-order valence-electron chi connectivity index (χ4n) is 4.58. The average molecular weight is 535 g/mol. The number of benzene rings is 4. The molecule has 1 atom stereocenters. The Morgan fingerprint density at radius 2 is 1.50 bits per heavy atom. The average Bonchev–Trinajstić information content (AvgIpc) is 3.39. The summed E-state index contributed by atoms with van der Waals surface area (Å²) in [4.78, 5) is 10.1. The maximum atomic E-state index is 5.35. The molecule has 6 rings (SSSR count). The van der Waals surface area contributed by atoms with Crippen molar-refractivity contribution in [3.05, 3.63) is 119 Å². The van der Waals surface area contributed by atoms with Crippen LogP contribution in [0.4, 0.5) is 5.95 Å². The zero-order valence-corrected chi connectivity index (χ0v) is 21.3. The molecule has 176 valence electrons. The summed E-state index contributed by atoms with van der Waals surface area (Å²) in [5.74, 6) is 1.41. The normalized spacial score (nSPS) is 15.2. The third kappa shape index (κ3) is 4.25. The maximum absolute atomic E-state index is 5.35. The molecule has 1 aliphatic heterocycles. The van der Waals surface area contributed by atoms with Crippen molar-refractivity contribution in [3.63, 3.8) is 0 Å². The van der Waals surface area contributed by atoms with E-state index >= 15 is 0 Å². The summed E-state index contributed by atoms with van der Waals surface area (Å²) in [5.41, 5.74) is 6.05. The van der Waals surface area contributed by atoms with Gasteiger partial charge in [0.05, 0.1) is 30.1 Å². The SMILES string of the molecule is COc1ccc(C2=NN(c3nc(-c4ccccc4)c4ccccc4n3)[C@H](c3ccc(Br)cc3)C2)cc1. The monoisotopic (exact) mass is 534 g/mol. The number of hydrazone groups is 1. The summed E-state index contributed by atoms with van der Waals surface area (Å²) in [6.07, 6.45) is 0.741. The summed E-state index contributed by atoms with van der Waals surface area (Å²) in [5, 5.41) is 8.07. The van der Waals surface area contributed by atoms with Crippen molar-refractivity contribution >= 4 is 38.5 Å². The number of nitrogens with zero attached hydrogens (tertiary/aromatic N) is 4. The zero-order valence-electron chi connectivity index (χ0n) is 19.7. The Bertz CT molecular complexity index is 1550. The second-order valence-corrected chi connectivity index (χ2v) is 9.56. The Balaban J connectivity index is 1.50. The number of rotatable bonds is 5. The molecule has 4 aromatic carbocycles. The van der Waals surface area contributed by atoms with E-state index in [1.54, 1.807) is 7.11 Å². The van der Waals surface area contributed by atoms with E-state index in [1.807, 2.05) is 53.5 Å². The van der Waals surface area contributed by atoms with Gasteiger partial charge in [-0.25, -0.2) is 15.0 Å². The summed E-state index contributed by atoms with van der Waals surface area (Å²) in [6, 6.07) is 34.8. The molecule has 1 aliphatic rings.